The van der Waals surface area contributed by atoms with E-state index in [9.17, 15) is 9.90 Å². The van der Waals surface area contributed by atoms with Gasteiger partial charge in [-0.3, -0.25) is 4.79 Å². The summed E-state index contributed by atoms with van der Waals surface area (Å²) in [6, 6.07) is 9.91. The molecule has 2 N–H and O–H groups in total. The predicted molar refractivity (Wildman–Crippen MR) is 71.3 cm³/mol. The fourth-order valence-corrected chi connectivity index (χ4v) is 2.34. The van der Waals surface area contributed by atoms with Crippen molar-refractivity contribution in [2.75, 3.05) is 6.54 Å². The largest absolute Gasteiger partial charge is 0.391 e. The van der Waals surface area contributed by atoms with Crippen LogP contribution in [-0.2, 0) is 10.2 Å². The molecule has 1 aromatic rings. The first-order chi connectivity index (χ1) is 8.69. The van der Waals surface area contributed by atoms with E-state index < -0.39 is 6.10 Å². The first kappa shape index (κ1) is 13.1. The van der Waals surface area contributed by atoms with Crippen molar-refractivity contribution >= 4 is 5.91 Å². The van der Waals surface area contributed by atoms with Crippen LogP contribution in [0.4, 0.5) is 0 Å². The summed E-state index contributed by atoms with van der Waals surface area (Å²) < 4.78 is 0. The van der Waals surface area contributed by atoms with Gasteiger partial charge in [0.15, 0.2) is 0 Å². The quantitative estimate of drug-likeness (QED) is 0.807. The molecule has 98 valence electrons. The Morgan fingerprint density at radius 1 is 1.39 bits per heavy atom. The Morgan fingerprint density at radius 3 is 2.61 bits per heavy atom. The lowest BCUT2D eigenvalue weighted by atomic mass is 9.95. The van der Waals surface area contributed by atoms with Crippen LogP contribution in [0.5, 0.6) is 0 Å². The highest BCUT2D eigenvalue weighted by Gasteiger charge is 2.50. The Balaban J connectivity index is 1.93. The molecule has 0 heterocycles. The van der Waals surface area contributed by atoms with Gasteiger partial charge < -0.3 is 10.4 Å². The van der Waals surface area contributed by atoms with E-state index >= 15 is 0 Å². The minimum atomic E-state index is -0.425. The van der Waals surface area contributed by atoms with Crippen molar-refractivity contribution in [3.8, 4) is 0 Å². The molecule has 1 aromatic carbocycles. The summed E-state index contributed by atoms with van der Waals surface area (Å²) in [6.07, 6.45) is 3.06. The molecule has 1 aliphatic carbocycles. The SMILES string of the molecule is CCCC(O)CNC(=O)C1(c2ccccc2)CC1. The van der Waals surface area contributed by atoms with E-state index in [1.165, 1.54) is 0 Å². The average molecular weight is 247 g/mol. The molecule has 2 rings (SSSR count). The van der Waals surface area contributed by atoms with Gasteiger partial charge in [-0.15, -0.1) is 0 Å². The number of carbonyl (C=O) groups excluding carboxylic acids is 1. The zero-order valence-electron chi connectivity index (χ0n) is 10.9. The molecule has 1 amide bonds. The Bertz CT molecular complexity index is 398. The molecule has 0 spiro atoms. The van der Waals surface area contributed by atoms with Crippen LogP contribution in [-0.4, -0.2) is 23.7 Å². The van der Waals surface area contributed by atoms with E-state index in [-0.39, 0.29) is 11.3 Å². The zero-order chi connectivity index (χ0) is 13.0. The maximum atomic E-state index is 12.2. The van der Waals surface area contributed by atoms with Crippen molar-refractivity contribution in [1.82, 2.24) is 5.32 Å². The molecule has 1 saturated carbocycles. The highest BCUT2D eigenvalue weighted by molar-refractivity contribution is 5.91. The van der Waals surface area contributed by atoms with Crippen LogP contribution < -0.4 is 5.32 Å². The molecule has 0 radical (unpaired) electrons. The second-order valence-electron chi connectivity index (χ2n) is 5.10. The third kappa shape index (κ3) is 2.72. The topological polar surface area (TPSA) is 49.3 Å². The molecular weight excluding hydrogens is 226 g/mol. The third-order valence-electron chi connectivity index (χ3n) is 3.63. The number of carbonyl (C=O) groups is 1. The molecule has 0 aromatic heterocycles. The number of aliphatic hydroxyl groups excluding tert-OH is 1. The molecule has 1 fully saturated rings. The van der Waals surface area contributed by atoms with Crippen molar-refractivity contribution in [1.29, 1.82) is 0 Å². The molecule has 1 unspecified atom stereocenters. The summed E-state index contributed by atoms with van der Waals surface area (Å²) >= 11 is 0. The highest BCUT2D eigenvalue weighted by atomic mass is 16.3. The maximum absolute atomic E-state index is 12.2. The molecule has 0 bridgehead atoms. The summed E-state index contributed by atoms with van der Waals surface area (Å²) in [7, 11) is 0. The van der Waals surface area contributed by atoms with Gasteiger partial charge in [-0.05, 0) is 24.8 Å². The zero-order valence-corrected chi connectivity index (χ0v) is 10.9. The van der Waals surface area contributed by atoms with Gasteiger partial charge in [0, 0.05) is 6.54 Å². The number of hydrogen-bond acceptors (Lipinski definition) is 2. The number of benzene rings is 1. The molecular formula is C15H21NO2. The van der Waals surface area contributed by atoms with Gasteiger partial charge in [0.1, 0.15) is 0 Å². The van der Waals surface area contributed by atoms with Crippen molar-refractivity contribution in [3.63, 3.8) is 0 Å². The van der Waals surface area contributed by atoms with Crippen LogP contribution in [0.25, 0.3) is 0 Å². The number of hydrogen-bond donors (Lipinski definition) is 2. The fraction of sp³-hybridized carbons (Fsp3) is 0.533. The lowest BCUT2D eigenvalue weighted by Crippen LogP contribution is -2.39. The minimum absolute atomic E-state index is 0.0591. The highest BCUT2D eigenvalue weighted by Crippen LogP contribution is 2.48. The van der Waals surface area contributed by atoms with E-state index in [2.05, 4.69) is 5.32 Å². The van der Waals surface area contributed by atoms with Crippen LogP contribution in [0.2, 0.25) is 0 Å². The molecule has 1 atom stereocenters. The molecule has 0 aliphatic heterocycles. The number of amides is 1. The first-order valence-electron chi connectivity index (χ1n) is 6.71. The van der Waals surface area contributed by atoms with Crippen LogP contribution in [0.1, 0.15) is 38.2 Å². The van der Waals surface area contributed by atoms with Crippen molar-refractivity contribution in [3.05, 3.63) is 35.9 Å². The third-order valence-corrected chi connectivity index (χ3v) is 3.63. The van der Waals surface area contributed by atoms with Crippen LogP contribution >= 0.6 is 0 Å². The van der Waals surface area contributed by atoms with Crippen LogP contribution in [0, 0.1) is 0 Å². The average Bonchev–Trinajstić information content (AvgIpc) is 3.19. The molecule has 3 heteroatoms. The Labute approximate surface area is 108 Å². The Hall–Kier alpha value is -1.35. The molecule has 1 aliphatic rings. The second-order valence-corrected chi connectivity index (χ2v) is 5.10. The normalized spacial score (nSPS) is 18.1. The molecule has 0 saturated heterocycles. The minimum Gasteiger partial charge on any atom is -0.391 e. The van der Waals surface area contributed by atoms with Gasteiger partial charge in [-0.2, -0.15) is 0 Å². The number of nitrogens with one attached hydrogen (secondary N) is 1. The lowest BCUT2D eigenvalue weighted by Gasteiger charge is -2.17. The summed E-state index contributed by atoms with van der Waals surface area (Å²) in [5.74, 6) is 0.0591. The van der Waals surface area contributed by atoms with Crippen molar-refractivity contribution in [2.45, 2.75) is 44.1 Å². The second kappa shape index (κ2) is 5.53. The van der Waals surface area contributed by atoms with Gasteiger partial charge in [0.25, 0.3) is 0 Å². The smallest absolute Gasteiger partial charge is 0.230 e. The number of aliphatic hydroxyl groups is 1. The van der Waals surface area contributed by atoms with Gasteiger partial charge in [-0.1, -0.05) is 43.7 Å². The van der Waals surface area contributed by atoms with E-state index in [4.69, 9.17) is 0 Å². The number of rotatable bonds is 6. The molecule has 18 heavy (non-hydrogen) atoms. The Morgan fingerprint density at radius 2 is 2.06 bits per heavy atom. The first-order valence-corrected chi connectivity index (χ1v) is 6.71. The van der Waals surface area contributed by atoms with E-state index in [0.717, 1.165) is 31.2 Å². The molecule has 3 nitrogen and oxygen atoms in total. The van der Waals surface area contributed by atoms with Gasteiger partial charge in [-0.25, -0.2) is 0 Å². The summed E-state index contributed by atoms with van der Waals surface area (Å²) in [5.41, 5.74) is 0.764. The van der Waals surface area contributed by atoms with E-state index in [0.29, 0.717) is 6.54 Å². The fourth-order valence-electron chi connectivity index (χ4n) is 2.34. The van der Waals surface area contributed by atoms with E-state index in [1.807, 2.05) is 37.3 Å². The van der Waals surface area contributed by atoms with Gasteiger partial charge in [0.2, 0.25) is 5.91 Å². The summed E-state index contributed by atoms with van der Waals surface area (Å²) in [6.45, 7) is 2.39. The summed E-state index contributed by atoms with van der Waals surface area (Å²) in [4.78, 5) is 12.2. The van der Waals surface area contributed by atoms with Crippen LogP contribution in [0.3, 0.4) is 0 Å². The van der Waals surface area contributed by atoms with Crippen molar-refractivity contribution < 1.29 is 9.90 Å². The standard InChI is InChI=1S/C15H21NO2/c1-2-6-13(17)11-16-14(18)15(9-10-15)12-7-4-3-5-8-12/h3-5,7-8,13,17H,2,6,9-11H2,1H3,(H,16,18). The van der Waals surface area contributed by atoms with Gasteiger partial charge >= 0.3 is 0 Å². The van der Waals surface area contributed by atoms with Crippen LogP contribution in [0.15, 0.2) is 30.3 Å². The summed E-state index contributed by atoms with van der Waals surface area (Å²) in [5, 5.41) is 12.5. The monoisotopic (exact) mass is 247 g/mol. The maximum Gasteiger partial charge on any atom is 0.230 e. The van der Waals surface area contributed by atoms with Gasteiger partial charge in [0.05, 0.1) is 11.5 Å². The predicted octanol–water partition coefficient (Wildman–Crippen LogP) is 2.00. The van der Waals surface area contributed by atoms with E-state index in [1.54, 1.807) is 0 Å². The lowest BCUT2D eigenvalue weighted by molar-refractivity contribution is -0.124. The van der Waals surface area contributed by atoms with Crippen molar-refractivity contribution in [2.24, 2.45) is 0 Å². The Kier molecular flexibility index (Phi) is 4.02.